The molecule has 1 atom stereocenters. The fraction of sp³-hybridized carbons (Fsp3) is 0.250. The molecule has 0 fully saturated rings. The summed E-state index contributed by atoms with van der Waals surface area (Å²) in [5.41, 5.74) is 1.20. The molecule has 4 heteroatoms. The van der Waals surface area contributed by atoms with Gasteiger partial charge in [0.25, 0.3) is 0 Å². The van der Waals surface area contributed by atoms with Gasteiger partial charge in [-0.1, -0.05) is 35.9 Å². The quantitative estimate of drug-likeness (QED) is 0.879. The molecule has 2 rings (SSSR count). The highest BCUT2D eigenvalue weighted by Gasteiger charge is 2.13. The summed E-state index contributed by atoms with van der Waals surface area (Å²) < 4.78 is 27.4. The Morgan fingerprint density at radius 3 is 2.25 bits per heavy atom. The molecule has 0 heterocycles. The van der Waals surface area contributed by atoms with Gasteiger partial charge in [0.05, 0.1) is 0 Å². The molecule has 1 nitrogen and oxygen atoms in total. The van der Waals surface area contributed by atoms with Crippen LogP contribution in [0.3, 0.4) is 0 Å². The van der Waals surface area contributed by atoms with Crippen molar-refractivity contribution in [2.45, 2.75) is 18.9 Å². The second-order valence-electron chi connectivity index (χ2n) is 4.72. The lowest BCUT2D eigenvalue weighted by Gasteiger charge is -2.17. The van der Waals surface area contributed by atoms with Crippen molar-refractivity contribution in [2.75, 3.05) is 7.05 Å². The summed E-state index contributed by atoms with van der Waals surface area (Å²) in [6.45, 7) is 0. The largest absolute Gasteiger partial charge is 0.316 e. The van der Waals surface area contributed by atoms with E-state index in [1.165, 1.54) is 12.1 Å². The van der Waals surface area contributed by atoms with Gasteiger partial charge in [-0.15, -0.1) is 0 Å². The van der Waals surface area contributed by atoms with E-state index in [4.69, 9.17) is 11.6 Å². The van der Waals surface area contributed by atoms with E-state index >= 15 is 0 Å². The van der Waals surface area contributed by atoms with E-state index in [1.54, 1.807) is 37.4 Å². The van der Waals surface area contributed by atoms with Crippen LogP contribution in [-0.2, 0) is 12.8 Å². The standard InChI is InChI=1S/C16H16ClF2N/c1-20-14(8-11-4-2-3-5-15(11)18)9-12-6-7-13(17)10-16(12)19/h2-7,10,14,20H,8-9H2,1H3. The average Bonchev–Trinajstić information content (AvgIpc) is 2.43. The number of hydrogen-bond acceptors (Lipinski definition) is 1. The molecule has 0 aromatic heterocycles. The van der Waals surface area contributed by atoms with Crippen molar-refractivity contribution >= 4 is 11.6 Å². The fourth-order valence-electron chi connectivity index (χ4n) is 2.16. The van der Waals surface area contributed by atoms with E-state index in [0.717, 1.165) is 0 Å². The Labute approximate surface area is 122 Å². The van der Waals surface area contributed by atoms with Gasteiger partial charge >= 0.3 is 0 Å². The van der Waals surface area contributed by atoms with Crippen LogP contribution in [0.2, 0.25) is 5.02 Å². The van der Waals surface area contributed by atoms with E-state index in [-0.39, 0.29) is 17.7 Å². The van der Waals surface area contributed by atoms with Gasteiger partial charge in [-0.3, -0.25) is 0 Å². The van der Waals surface area contributed by atoms with Crippen LogP contribution in [0.5, 0.6) is 0 Å². The summed E-state index contributed by atoms with van der Waals surface area (Å²) in [5.74, 6) is -0.560. The number of nitrogens with one attached hydrogen (secondary N) is 1. The molecular weight excluding hydrogens is 280 g/mol. The highest BCUT2D eigenvalue weighted by atomic mass is 35.5. The second kappa shape index (κ2) is 6.82. The predicted octanol–water partition coefficient (Wildman–Crippen LogP) is 3.99. The molecule has 1 unspecified atom stereocenters. The van der Waals surface area contributed by atoms with E-state index in [9.17, 15) is 8.78 Å². The maximum absolute atomic E-state index is 13.8. The number of likely N-dealkylation sites (N-methyl/N-ethyl adjacent to an activating group) is 1. The van der Waals surface area contributed by atoms with E-state index in [2.05, 4.69) is 5.32 Å². The lowest BCUT2D eigenvalue weighted by molar-refractivity contribution is 0.517. The van der Waals surface area contributed by atoms with Gasteiger partial charge in [0.2, 0.25) is 0 Å². The third-order valence-electron chi connectivity index (χ3n) is 3.31. The molecule has 0 saturated heterocycles. The third-order valence-corrected chi connectivity index (χ3v) is 3.55. The van der Waals surface area contributed by atoms with Crippen LogP contribution in [-0.4, -0.2) is 13.1 Å². The predicted molar refractivity (Wildman–Crippen MR) is 78.1 cm³/mol. The van der Waals surface area contributed by atoms with Crippen molar-refractivity contribution in [1.82, 2.24) is 5.32 Å². The summed E-state index contributed by atoms with van der Waals surface area (Å²) in [6, 6.07) is 11.2. The average molecular weight is 296 g/mol. The van der Waals surface area contributed by atoms with Crippen molar-refractivity contribution in [1.29, 1.82) is 0 Å². The number of halogens is 3. The first-order valence-corrected chi connectivity index (χ1v) is 6.82. The van der Waals surface area contributed by atoms with Gasteiger partial charge in [-0.05, 0) is 49.2 Å². The Morgan fingerprint density at radius 1 is 1.00 bits per heavy atom. The first kappa shape index (κ1) is 14.9. The van der Waals surface area contributed by atoms with Crippen LogP contribution in [0.4, 0.5) is 8.78 Å². The smallest absolute Gasteiger partial charge is 0.127 e. The van der Waals surface area contributed by atoms with Gasteiger partial charge in [-0.25, -0.2) is 8.78 Å². The molecule has 0 aliphatic rings. The minimum absolute atomic E-state index is 0.0393. The second-order valence-corrected chi connectivity index (χ2v) is 5.16. The van der Waals surface area contributed by atoms with Crippen molar-refractivity contribution in [3.63, 3.8) is 0 Å². The Morgan fingerprint density at radius 2 is 1.65 bits per heavy atom. The summed E-state index contributed by atoms with van der Waals surface area (Å²) in [5, 5.41) is 3.48. The van der Waals surface area contributed by atoms with Crippen LogP contribution in [0.25, 0.3) is 0 Å². The minimum Gasteiger partial charge on any atom is -0.316 e. The van der Waals surface area contributed by atoms with Crippen LogP contribution < -0.4 is 5.32 Å². The highest BCUT2D eigenvalue weighted by Crippen LogP contribution is 2.18. The van der Waals surface area contributed by atoms with Gasteiger partial charge in [0, 0.05) is 11.1 Å². The zero-order valence-electron chi connectivity index (χ0n) is 11.2. The summed E-state index contributed by atoms with van der Waals surface area (Å²) in [6.07, 6.45) is 0.985. The monoisotopic (exact) mass is 295 g/mol. The van der Waals surface area contributed by atoms with Crippen molar-refractivity contribution in [3.8, 4) is 0 Å². The maximum Gasteiger partial charge on any atom is 0.127 e. The lowest BCUT2D eigenvalue weighted by atomic mass is 9.98. The number of rotatable bonds is 5. The molecule has 0 aliphatic carbocycles. The molecule has 0 saturated carbocycles. The molecule has 0 spiro atoms. The Hall–Kier alpha value is -1.45. The molecule has 0 aliphatic heterocycles. The highest BCUT2D eigenvalue weighted by molar-refractivity contribution is 6.30. The van der Waals surface area contributed by atoms with E-state index in [1.807, 2.05) is 0 Å². The molecule has 1 N–H and O–H groups in total. The minimum atomic E-state index is -0.328. The van der Waals surface area contributed by atoms with Crippen LogP contribution >= 0.6 is 11.6 Å². The molecule has 0 amide bonds. The van der Waals surface area contributed by atoms with Gasteiger partial charge < -0.3 is 5.32 Å². The van der Waals surface area contributed by atoms with E-state index in [0.29, 0.717) is 29.0 Å². The molecule has 106 valence electrons. The zero-order chi connectivity index (χ0) is 14.5. The molecule has 0 radical (unpaired) electrons. The fourth-order valence-corrected chi connectivity index (χ4v) is 2.32. The first-order valence-electron chi connectivity index (χ1n) is 6.44. The molecule has 2 aromatic carbocycles. The van der Waals surface area contributed by atoms with E-state index < -0.39 is 0 Å². The third kappa shape index (κ3) is 3.78. The Balaban J connectivity index is 2.11. The van der Waals surface area contributed by atoms with Crippen molar-refractivity contribution < 1.29 is 8.78 Å². The zero-order valence-corrected chi connectivity index (χ0v) is 11.9. The van der Waals surface area contributed by atoms with Crippen molar-refractivity contribution in [2.24, 2.45) is 0 Å². The number of benzene rings is 2. The Kier molecular flexibility index (Phi) is 5.10. The topological polar surface area (TPSA) is 12.0 Å². The summed E-state index contributed by atoms with van der Waals surface area (Å²) in [4.78, 5) is 0. The summed E-state index contributed by atoms with van der Waals surface area (Å²) in [7, 11) is 1.79. The molecular formula is C16H16ClF2N. The van der Waals surface area contributed by atoms with Crippen LogP contribution in [0.1, 0.15) is 11.1 Å². The first-order chi connectivity index (χ1) is 9.60. The van der Waals surface area contributed by atoms with Crippen molar-refractivity contribution in [3.05, 3.63) is 70.2 Å². The van der Waals surface area contributed by atoms with Gasteiger partial charge in [-0.2, -0.15) is 0 Å². The Bertz CT molecular complexity index is 586. The maximum atomic E-state index is 13.8. The van der Waals surface area contributed by atoms with Crippen LogP contribution in [0, 0.1) is 11.6 Å². The summed E-state index contributed by atoms with van der Waals surface area (Å²) >= 11 is 5.73. The van der Waals surface area contributed by atoms with Gasteiger partial charge in [0.1, 0.15) is 11.6 Å². The molecule has 2 aromatic rings. The molecule has 20 heavy (non-hydrogen) atoms. The number of hydrogen-bond donors (Lipinski definition) is 1. The normalized spacial score (nSPS) is 12.4. The SMILES string of the molecule is CNC(Cc1ccccc1F)Cc1ccc(Cl)cc1F. The lowest BCUT2D eigenvalue weighted by Crippen LogP contribution is -2.30. The van der Waals surface area contributed by atoms with Gasteiger partial charge in [0.15, 0.2) is 0 Å². The van der Waals surface area contributed by atoms with Crippen LogP contribution in [0.15, 0.2) is 42.5 Å². The molecule has 0 bridgehead atoms.